The van der Waals surface area contributed by atoms with Crippen LogP contribution in [0.15, 0.2) is 24.3 Å². The van der Waals surface area contributed by atoms with Gasteiger partial charge in [0.1, 0.15) is 36.9 Å². The van der Waals surface area contributed by atoms with Gasteiger partial charge in [0, 0.05) is 65.4 Å². The maximum Gasteiger partial charge on any atom is 0.209 e. The highest BCUT2D eigenvalue weighted by Gasteiger charge is 2.19. The van der Waals surface area contributed by atoms with E-state index in [2.05, 4.69) is 9.80 Å². The Morgan fingerprint density at radius 1 is 0.688 bits per heavy atom. The second-order valence-corrected chi connectivity index (χ2v) is 8.29. The molecule has 32 heavy (non-hydrogen) atoms. The molecule has 2 fully saturated rings. The zero-order chi connectivity index (χ0) is 22.8. The van der Waals surface area contributed by atoms with Gasteiger partial charge in [0.15, 0.2) is 0 Å². The number of hydrogen-bond acceptors (Lipinski definition) is 8. The summed E-state index contributed by atoms with van der Waals surface area (Å²) >= 11 is 0. The quantitative estimate of drug-likeness (QED) is 0.379. The topological polar surface area (TPSA) is 106 Å². The lowest BCUT2D eigenvalue weighted by Gasteiger charge is -2.33. The Hall–Kier alpha value is -2.40. The maximum atomic E-state index is 10.8. The fourth-order valence-electron chi connectivity index (χ4n) is 3.82. The lowest BCUT2D eigenvalue weighted by Crippen LogP contribution is -2.48. The zero-order valence-electron chi connectivity index (χ0n) is 18.4. The van der Waals surface area contributed by atoms with Crippen LogP contribution < -0.4 is 9.47 Å². The molecule has 10 nitrogen and oxygen atoms in total. The van der Waals surface area contributed by atoms with Gasteiger partial charge in [-0.3, -0.25) is 19.4 Å². The summed E-state index contributed by atoms with van der Waals surface area (Å²) in [6.07, 6.45) is 0.501. The summed E-state index contributed by atoms with van der Waals surface area (Å²) in [5.74, 6) is 1.27. The van der Waals surface area contributed by atoms with Crippen molar-refractivity contribution >= 4 is 12.8 Å². The van der Waals surface area contributed by atoms with E-state index in [1.807, 2.05) is 0 Å². The van der Waals surface area contributed by atoms with E-state index < -0.39 is 12.2 Å². The molecular formula is C22H34N4O6. The van der Waals surface area contributed by atoms with Crippen LogP contribution in [-0.2, 0) is 9.59 Å². The number of β-amino-alcohol motifs (C(OH)–C–C–N with tert-alkyl or cyclic N) is 2. The third-order valence-electron chi connectivity index (χ3n) is 5.76. The lowest BCUT2D eigenvalue weighted by atomic mass is 10.2. The van der Waals surface area contributed by atoms with E-state index in [0.717, 1.165) is 39.0 Å². The van der Waals surface area contributed by atoms with Crippen LogP contribution in [0.25, 0.3) is 0 Å². The van der Waals surface area contributed by atoms with Crippen LogP contribution in [0.1, 0.15) is 0 Å². The Bertz CT molecular complexity index is 631. The molecule has 0 spiro atoms. The molecule has 1 aromatic carbocycles. The number of carbonyl (C=O) groups is 2. The monoisotopic (exact) mass is 450 g/mol. The summed E-state index contributed by atoms with van der Waals surface area (Å²) in [7, 11) is 0. The van der Waals surface area contributed by atoms with Crippen molar-refractivity contribution in [3.05, 3.63) is 24.3 Å². The molecule has 2 N–H and O–H groups in total. The Labute approximate surface area is 188 Å². The van der Waals surface area contributed by atoms with Gasteiger partial charge in [-0.15, -0.1) is 0 Å². The van der Waals surface area contributed by atoms with E-state index in [9.17, 15) is 19.8 Å². The van der Waals surface area contributed by atoms with Crippen LogP contribution in [0.2, 0.25) is 0 Å². The molecule has 2 saturated heterocycles. The summed E-state index contributed by atoms with van der Waals surface area (Å²) in [5.41, 5.74) is 0. The average Bonchev–Trinajstić information content (AvgIpc) is 2.83. The smallest absolute Gasteiger partial charge is 0.209 e. The minimum Gasteiger partial charge on any atom is -0.491 e. The standard InChI is InChI=1S/C22H34N4O6/c27-17-25-9-5-23(6-10-25)13-19(29)15-31-21-1-2-22(4-3-21)32-16-20(30)14-24-7-11-26(18-28)12-8-24/h1-4,17-20,29-30H,5-16H2. The number of ether oxygens (including phenoxy) is 2. The van der Waals surface area contributed by atoms with Gasteiger partial charge in [0.25, 0.3) is 0 Å². The van der Waals surface area contributed by atoms with Crippen molar-refractivity contribution in [3.8, 4) is 11.5 Å². The molecule has 2 unspecified atom stereocenters. The van der Waals surface area contributed by atoms with Crippen molar-refractivity contribution in [2.45, 2.75) is 12.2 Å². The fourth-order valence-corrected chi connectivity index (χ4v) is 3.82. The molecule has 2 heterocycles. The van der Waals surface area contributed by atoms with Crippen LogP contribution in [-0.4, -0.2) is 134 Å². The van der Waals surface area contributed by atoms with Gasteiger partial charge < -0.3 is 29.5 Å². The highest BCUT2D eigenvalue weighted by molar-refractivity contribution is 5.47. The highest BCUT2D eigenvalue weighted by Crippen LogP contribution is 2.18. The molecular weight excluding hydrogens is 416 g/mol. The second kappa shape index (κ2) is 12.6. The largest absolute Gasteiger partial charge is 0.491 e. The summed E-state index contributed by atoms with van der Waals surface area (Å²) in [6.45, 7) is 7.14. The molecule has 0 aromatic heterocycles. The molecule has 0 bridgehead atoms. The molecule has 2 amide bonds. The summed E-state index contributed by atoms with van der Waals surface area (Å²) < 4.78 is 11.3. The maximum absolute atomic E-state index is 10.8. The SMILES string of the molecule is O=CN1CCN(CC(O)COc2ccc(OCC(O)CN3CCN(C=O)CC3)cc2)CC1. The third kappa shape index (κ3) is 7.94. The molecule has 2 aliphatic heterocycles. The van der Waals surface area contributed by atoms with Crippen molar-refractivity contribution in [3.63, 3.8) is 0 Å². The second-order valence-electron chi connectivity index (χ2n) is 8.29. The molecule has 10 heteroatoms. The lowest BCUT2D eigenvalue weighted by molar-refractivity contribution is -0.120. The minimum absolute atomic E-state index is 0.185. The van der Waals surface area contributed by atoms with Gasteiger partial charge in [-0.25, -0.2) is 0 Å². The number of aliphatic hydroxyl groups is 2. The highest BCUT2D eigenvalue weighted by atomic mass is 16.5. The molecule has 0 radical (unpaired) electrons. The molecule has 178 valence electrons. The van der Waals surface area contributed by atoms with Crippen molar-refractivity contribution in [1.82, 2.24) is 19.6 Å². The Kier molecular flexibility index (Phi) is 9.54. The van der Waals surface area contributed by atoms with Gasteiger partial charge in [-0.05, 0) is 24.3 Å². The van der Waals surface area contributed by atoms with Crippen molar-refractivity contribution < 1.29 is 29.3 Å². The summed E-state index contributed by atoms with van der Waals surface area (Å²) in [5, 5.41) is 20.4. The number of piperazine rings is 2. The first kappa shape index (κ1) is 24.2. The van der Waals surface area contributed by atoms with Crippen LogP contribution in [0.4, 0.5) is 0 Å². The molecule has 2 atom stereocenters. The van der Waals surface area contributed by atoms with E-state index in [0.29, 0.717) is 50.8 Å². The van der Waals surface area contributed by atoms with Crippen LogP contribution >= 0.6 is 0 Å². The van der Waals surface area contributed by atoms with E-state index >= 15 is 0 Å². The normalized spacial score (nSPS) is 19.9. The van der Waals surface area contributed by atoms with E-state index in [1.54, 1.807) is 34.1 Å². The first-order chi connectivity index (χ1) is 15.6. The minimum atomic E-state index is -0.614. The fraction of sp³-hybridized carbons (Fsp3) is 0.636. The number of carbonyl (C=O) groups excluding carboxylic acids is 2. The third-order valence-corrected chi connectivity index (χ3v) is 5.76. The predicted molar refractivity (Wildman–Crippen MR) is 118 cm³/mol. The van der Waals surface area contributed by atoms with Gasteiger partial charge in [-0.1, -0.05) is 0 Å². The number of aliphatic hydroxyl groups excluding tert-OH is 2. The van der Waals surface area contributed by atoms with Crippen LogP contribution in [0.3, 0.4) is 0 Å². The molecule has 3 rings (SSSR count). The number of amides is 2. The number of hydrogen-bond donors (Lipinski definition) is 2. The van der Waals surface area contributed by atoms with Gasteiger partial charge in [-0.2, -0.15) is 0 Å². The Morgan fingerprint density at radius 3 is 1.34 bits per heavy atom. The van der Waals surface area contributed by atoms with Crippen LogP contribution in [0.5, 0.6) is 11.5 Å². The number of benzene rings is 1. The summed E-state index contributed by atoms with van der Waals surface area (Å²) in [6, 6.07) is 7.09. The first-order valence-electron chi connectivity index (χ1n) is 11.1. The Balaban J connectivity index is 1.30. The summed E-state index contributed by atoms with van der Waals surface area (Å²) in [4.78, 5) is 29.2. The van der Waals surface area contributed by atoms with Crippen molar-refractivity contribution in [2.75, 3.05) is 78.7 Å². The van der Waals surface area contributed by atoms with Crippen LogP contribution in [0, 0.1) is 0 Å². The van der Waals surface area contributed by atoms with E-state index in [1.165, 1.54) is 0 Å². The van der Waals surface area contributed by atoms with Crippen molar-refractivity contribution in [1.29, 1.82) is 0 Å². The number of nitrogens with zero attached hydrogens (tertiary/aromatic N) is 4. The number of rotatable bonds is 12. The molecule has 2 aliphatic rings. The zero-order valence-corrected chi connectivity index (χ0v) is 18.4. The van der Waals surface area contributed by atoms with Crippen molar-refractivity contribution in [2.24, 2.45) is 0 Å². The van der Waals surface area contributed by atoms with Gasteiger partial charge >= 0.3 is 0 Å². The molecule has 1 aromatic rings. The molecule has 0 aliphatic carbocycles. The first-order valence-corrected chi connectivity index (χ1v) is 11.1. The Morgan fingerprint density at radius 2 is 1.03 bits per heavy atom. The van der Waals surface area contributed by atoms with E-state index in [4.69, 9.17) is 9.47 Å². The predicted octanol–water partition coefficient (Wildman–Crippen LogP) is -1.29. The van der Waals surface area contributed by atoms with E-state index in [-0.39, 0.29) is 13.2 Å². The molecule has 0 saturated carbocycles. The average molecular weight is 451 g/mol. The van der Waals surface area contributed by atoms with Gasteiger partial charge in [0.2, 0.25) is 12.8 Å². The van der Waals surface area contributed by atoms with Gasteiger partial charge in [0.05, 0.1) is 0 Å².